The summed E-state index contributed by atoms with van der Waals surface area (Å²) in [5.41, 5.74) is 4.46. The average Bonchev–Trinajstić information content (AvgIpc) is 2.85. The van der Waals surface area contributed by atoms with Crippen LogP contribution >= 0.6 is 0 Å². The zero-order chi connectivity index (χ0) is 16.4. The fourth-order valence-electron chi connectivity index (χ4n) is 5.97. The fourth-order valence-corrected chi connectivity index (χ4v) is 5.97. The van der Waals surface area contributed by atoms with Crippen molar-refractivity contribution >= 4 is 11.6 Å². The van der Waals surface area contributed by atoms with Gasteiger partial charge in [0.25, 0.3) is 0 Å². The Morgan fingerprint density at radius 1 is 1.09 bits per heavy atom. The minimum Gasteiger partial charge on any atom is -0.300 e. The first kappa shape index (κ1) is 15.1. The Balaban J connectivity index is 1.84. The van der Waals surface area contributed by atoms with Crippen molar-refractivity contribution in [2.45, 2.75) is 59.3 Å². The largest absolute Gasteiger partial charge is 0.300 e. The maximum Gasteiger partial charge on any atom is 0.156 e. The second-order valence-electron chi connectivity index (χ2n) is 8.46. The van der Waals surface area contributed by atoms with Gasteiger partial charge < -0.3 is 0 Å². The lowest BCUT2D eigenvalue weighted by atomic mass is 9.53. The van der Waals surface area contributed by atoms with E-state index in [0.29, 0.717) is 18.1 Å². The molecule has 0 saturated heterocycles. The minimum atomic E-state index is 0.0735. The van der Waals surface area contributed by atoms with Gasteiger partial charge in [0, 0.05) is 12.3 Å². The molecule has 0 bridgehead atoms. The highest BCUT2D eigenvalue weighted by Crippen LogP contribution is 2.62. The summed E-state index contributed by atoms with van der Waals surface area (Å²) in [7, 11) is 0. The number of hydrogen-bond acceptors (Lipinski definition) is 2. The van der Waals surface area contributed by atoms with E-state index in [4.69, 9.17) is 0 Å². The predicted octanol–water partition coefficient (Wildman–Crippen LogP) is 4.56. The van der Waals surface area contributed by atoms with Gasteiger partial charge in [-0.05, 0) is 73.0 Å². The monoisotopic (exact) mass is 310 g/mol. The standard InChI is InChI=1S/C21H26O2/c1-13(22)17-6-7-18-16-5-4-14-12-15(23)8-10-20(14,2)19(16)9-11-21(17,18)3/h4-5,12,17,19H,6-11H2,1-3H3/t17-,19-,20-,21-/m1/s1. The molecule has 122 valence electrons. The summed E-state index contributed by atoms with van der Waals surface area (Å²) in [6.45, 7) is 6.43. The van der Waals surface area contributed by atoms with Gasteiger partial charge in [0.1, 0.15) is 5.78 Å². The van der Waals surface area contributed by atoms with Crippen molar-refractivity contribution in [1.82, 2.24) is 0 Å². The Morgan fingerprint density at radius 2 is 1.87 bits per heavy atom. The summed E-state index contributed by atoms with van der Waals surface area (Å²) in [6.07, 6.45) is 12.3. The first-order valence-corrected chi connectivity index (χ1v) is 9.03. The van der Waals surface area contributed by atoms with Gasteiger partial charge in [-0.1, -0.05) is 31.6 Å². The Kier molecular flexibility index (Phi) is 3.14. The molecule has 0 spiro atoms. The molecule has 1 saturated carbocycles. The summed E-state index contributed by atoms with van der Waals surface area (Å²) in [5, 5.41) is 0. The predicted molar refractivity (Wildman–Crippen MR) is 90.8 cm³/mol. The molecular weight excluding hydrogens is 284 g/mol. The SMILES string of the molecule is CC(=O)[C@H]1CCC2=C3C=CC4=CC(=O)CC[C@@]4(C)[C@@H]3CC[C@@]21C. The molecule has 2 heteroatoms. The maximum absolute atomic E-state index is 12.1. The fraction of sp³-hybridized carbons (Fsp3) is 0.619. The van der Waals surface area contributed by atoms with Crippen LogP contribution in [0.1, 0.15) is 59.3 Å². The topological polar surface area (TPSA) is 34.1 Å². The van der Waals surface area contributed by atoms with Gasteiger partial charge in [-0.2, -0.15) is 0 Å². The lowest BCUT2D eigenvalue weighted by molar-refractivity contribution is -0.123. The molecule has 4 aliphatic carbocycles. The van der Waals surface area contributed by atoms with Crippen LogP contribution in [0.4, 0.5) is 0 Å². The van der Waals surface area contributed by atoms with E-state index in [1.54, 1.807) is 12.5 Å². The van der Waals surface area contributed by atoms with E-state index < -0.39 is 0 Å². The number of carbonyl (C=O) groups is 2. The second-order valence-corrected chi connectivity index (χ2v) is 8.46. The summed E-state index contributed by atoms with van der Waals surface area (Å²) in [4.78, 5) is 23.9. The highest BCUT2D eigenvalue weighted by molar-refractivity contribution is 5.92. The van der Waals surface area contributed by atoms with Crippen molar-refractivity contribution < 1.29 is 9.59 Å². The number of Topliss-reactive ketones (excluding diaryl/α,β-unsaturated/α-hetero) is 1. The van der Waals surface area contributed by atoms with E-state index >= 15 is 0 Å². The molecule has 0 aromatic heterocycles. The quantitative estimate of drug-likeness (QED) is 0.711. The molecule has 0 amide bonds. The van der Waals surface area contributed by atoms with Gasteiger partial charge in [-0.15, -0.1) is 0 Å². The molecule has 4 aliphatic rings. The molecule has 0 aliphatic heterocycles. The number of allylic oxidation sites excluding steroid dienone is 6. The number of hydrogen-bond donors (Lipinski definition) is 0. The van der Waals surface area contributed by atoms with Crippen LogP contribution in [-0.2, 0) is 9.59 Å². The molecule has 0 aromatic rings. The van der Waals surface area contributed by atoms with E-state index in [-0.39, 0.29) is 22.5 Å². The molecule has 4 rings (SSSR count). The molecule has 0 heterocycles. The lowest BCUT2D eigenvalue weighted by Gasteiger charge is -2.50. The van der Waals surface area contributed by atoms with Gasteiger partial charge in [0.05, 0.1) is 0 Å². The van der Waals surface area contributed by atoms with E-state index in [9.17, 15) is 9.59 Å². The smallest absolute Gasteiger partial charge is 0.156 e. The van der Waals surface area contributed by atoms with Crippen LogP contribution in [0.5, 0.6) is 0 Å². The summed E-state index contributed by atoms with van der Waals surface area (Å²) >= 11 is 0. The van der Waals surface area contributed by atoms with Crippen molar-refractivity contribution in [3.8, 4) is 0 Å². The molecule has 2 nitrogen and oxygen atoms in total. The summed E-state index contributed by atoms with van der Waals surface area (Å²) < 4.78 is 0. The van der Waals surface area contributed by atoms with Gasteiger partial charge in [-0.25, -0.2) is 0 Å². The van der Waals surface area contributed by atoms with Crippen LogP contribution in [-0.4, -0.2) is 11.6 Å². The molecule has 0 radical (unpaired) electrons. The molecule has 4 atom stereocenters. The third-order valence-corrected chi connectivity index (χ3v) is 7.39. The van der Waals surface area contributed by atoms with Crippen LogP contribution in [0.2, 0.25) is 0 Å². The maximum atomic E-state index is 12.1. The molecular formula is C21H26O2. The molecule has 23 heavy (non-hydrogen) atoms. The molecule has 1 fully saturated rings. The van der Waals surface area contributed by atoms with E-state index in [2.05, 4.69) is 26.0 Å². The van der Waals surface area contributed by atoms with Crippen molar-refractivity contribution in [3.63, 3.8) is 0 Å². The molecule has 0 unspecified atom stereocenters. The number of carbonyl (C=O) groups excluding carboxylic acids is 2. The molecule has 0 aromatic carbocycles. The molecule has 0 N–H and O–H groups in total. The zero-order valence-corrected chi connectivity index (χ0v) is 14.4. The van der Waals surface area contributed by atoms with Crippen LogP contribution in [0.25, 0.3) is 0 Å². The van der Waals surface area contributed by atoms with Crippen molar-refractivity contribution in [2.75, 3.05) is 0 Å². The Morgan fingerprint density at radius 3 is 2.61 bits per heavy atom. The third kappa shape index (κ3) is 1.93. The van der Waals surface area contributed by atoms with Crippen molar-refractivity contribution in [2.24, 2.45) is 22.7 Å². The van der Waals surface area contributed by atoms with Crippen molar-refractivity contribution in [1.29, 1.82) is 0 Å². The number of rotatable bonds is 1. The van der Waals surface area contributed by atoms with Gasteiger partial charge in [-0.3, -0.25) is 9.59 Å². The van der Waals surface area contributed by atoms with Crippen LogP contribution in [0, 0.1) is 22.7 Å². The number of ketones is 2. The van der Waals surface area contributed by atoms with Crippen LogP contribution in [0.15, 0.2) is 34.9 Å². The third-order valence-electron chi connectivity index (χ3n) is 7.39. The highest BCUT2D eigenvalue weighted by atomic mass is 16.1. The van der Waals surface area contributed by atoms with Crippen molar-refractivity contribution in [3.05, 3.63) is 34.9 Å². The highest BCUT2D eigenvalue weighted by Gasteiger charge is 2.53. The first-order chi connectivity index (χ1) is 10.9. The minimum absolute atomic E-state index is 0.0735. The van der Waals surface area contributed by atoms with Gasteiger partial charge in [0.2, 0.25) is 0 Å². The second kappa shape index (κ2) is 4.78. The summed E-state index contributed by atoms with van der Waals surface area (Å²) in [6, 6.07) is 0. The zero-order valence-electron chi connectivity index (χ0n) is 14.4. The van der Waals surface area contributed by atoms with Gasteiger partial charge >= 0.3 is 0 Å². The van der Waals surface area contributed by atoms with E-state index in [1.165, 1.54) is 11.1 Å². The Bertz CT molecular complexity index is 693. The Labute approximate surface area is 138 Å². The average molecular weight is 310 g/mol. The van der Waals surface area contributed by atoms with Gasteiger partial charge in [0.15, 0.2) is 5.78 Å². The lowest BCUT2D eigenvalue weighted by Crippen LogP contribution is -2.41. The number of fused-ring (bicyclic) bond motifs is 4. The first-order valence-electron chi connectivity index (χ1n) is 9.03. The van der Waals surface area contributed by atoms with E-state index in [0.717, 1.165) is 32.1 Å². The van der Waals surface area contributed by atoms with Crippen LogP contribution in [0.3, 0.4) is 0 Å². The van der Waals surface area contributed by atoms with Crippen LogP contribution < -0.4 is 0 Å². The Hall–Kier alpha value is -1.44. The summed E-state index contributed by atoms with van der Waals surface area (Å²) in [5.74, 6) is 1.37. The van der Waals surface area contributed by atoms with E-state index in [1.807, 2.05) is 6.08 Å². The normalized spacial score (nSPS) is 42.0.